The number of hydrogen-bond donors (Lipinski definition) is 3. The summed E-state index contributed by atoms with van der Waals surface area (Å²) >= 11 is 5.98. The first-order valence-electron chi connectivity index (χ1n) is 8.15. The molecule has 0 radical (unpaired) electrons. The van der Waals surface area contributed by atoms with Gasteiger partial charge in [-0.15, -0.1) is 5.10 Å². The van der Waals surface area contributed by atoms with Crippen LogP contribution in [0.25, 0.3) is 11.2 Å². The maximum atomic E-state index is 12.3. The Hall–Kier alpha value is -1.32. The van der Waals surface area contributed by atoms with E-state index in [4.69, 9.17) is 22.1 Å². The van der Waals surface area contributed by atoms with Gasteiger partial charge in [0, 0.05) is 0 Å². The van der Waals surface area contributed by atoms with Crippen LogP contribution in [0.1, 0.15) is 34.6 Å². The van der Waals surface area contributed by atoms with Crippen LogP contribution in [0.5, 0.6) is 0 Å². The lowest BCUT2D eigenvalue weighted by molar-refractivity contribution is -0.104. The number of ether oxygens (including phenoxy) is 1. The van der Waals surface area contributed by atoms with E-state index in [-0.39, 0.29) is 17.6 Å². The number of rotatable bonds is 7. The molecule has 12 heteroatoms. The van der Waals surface area contributed by atoms with Crippen molar-refractivity contribution in [3.63, 3.8) is 0 Å². The highest BCUT2D eigenvalue weighted by Gasteiger charge is 2.54. The summed E-state index contributed by atoms with van der Waals surface area (Å²) < 4.78 is 19.6. The Morgan fingerprint density at radius 1 is 1.23 bits per heavy atom. The van der Waals surface area contributed by atoms with Crippen molar-refractivity contribution in [2.75, 3.05) is 5.73 Å². The largest absolute Gasteiger partial charge is 0.368 e. The summed E-state index contributed by atoms with van der Waals surface area (Å²) in [5.74, 6) is -0.843. The molecule has 0 aromatic carbocycles. The van der Waals surface area contributed by atoms with Gasteiger partial charge < -0.3 is 20.3 Å². The van der Waals surface area contributed by atoms with Crippen molar-refractivity contribution in [3.8, 4) is 0 Å². The Balaban J connectivity index is 2.35. The molecule has 0 aliphatic heterocycles. The van der Waals surface area contributed by atoms with E-state index in [0.717, 1.165) is 0 Å². The van der Waals surface area contributed by atoms with Gasteiger partial charge in [0.25, 0.3) is 0 Å². The van der Waals surface area contributed by atoms with Gasteiger partial charge in [-0.1, -0.05) is 44.5 Å². The molecule has 2 aromatic heterocycles. The summed E-state index contributed by atoms with van der Waals surface area (Å²) in [5.41, 5.74) is 6.23. The fourth-order valence-corrected chi connectivity index (χ4v) is 5.12. The van der Waals surface area contributed by atoms with Gasteiger partial charge in [-0.05, 0) is 18.8 Å². The Morgan fingerprint density at radius 3 is 2.31 bits per heavy atom. The topological polar surface area (TPSA) is 149 Å². The molecule has 0 saturated carbocycles. The number of aromatic nitrogens is 5. The molecule has 0 bridgehead atoms. The normalized spacial score (nSPS) is 14.5. The average Bonchev–Trinajstić information content (AvgIpc) is 2.85. The van der Waals surface area contributed by atoms with Crippen LogP contribution in [0.3, 0.4) is 0 Å². The fourth-order valence-electron chi connectivity index (χ4n) is 3.25. The number of anilines is 1. The van der Waals surface area contributed by atoms with Gasteiger partial charge in [-0.2, -0.15) is 9.97 Å². The number of fused-ring (bicyclic) bond motifs is 1. The zero-order chi connectivity index (χ0) is 19.9. The second kappa shape index (κ2) is 7.36. The van der Waals surface area contributed by atoms with E-state index in [1.165, 1.54) is 4.68 Å². The summed E-state index contributed by atoms with van der Waals surface area (Å²) in [6.07, 6.45) is -0.590. The molecule has 2 rings (SSSR count). The SMILES string of the molecule is CC(C)C(O[C@H](C)Cn1nnc2c(Cl)nc(N)nc21)(C(C)C)P(=O)(O)O. The lowest BCUT2D eigenvalue weighted by Crippen LogP contribution is -2.46. The van der Waals surface area contributed by atoms with Crippen molar-refractivity contribution in [1.82, 2.24) is 25.0 Å². The van der Waals surface area contributed by atoms with Crippen LogP contribution in [-0.2, 0) is 15.8 Å². The van der Waals surface area contributed by atoms with Crippen molar-refractivity contribution < 1.29 is 19.1 Å². The first-order chi connectivity index (χ1) is 11.9. The zero-order valence-electron chi connectivity index (χ0n) is 15.3. The highest BCUT2D eigenvalue weighted by molar-refractivity contribution is 7.53. The monoisotopic (exact) mass is 406 g/mol. The minimum Gasteiger partial charge on any atom is -0.368 e. The highest BCUT2D eigenvalue weighted by Crippen LogP contribution is 2.59. The van der Waals surface area contributed by atoms with Gasteiger partial charge in [-0.3, -0.25) is 4.57 Å². The molecule has 0 aliphatic carbocycles. The molecule has 0 spiro atoms. The second-order valence-corrected chi connectivity index (χ2v) is 9.00. The lowest BCUT2D eigenvalue weighted by Gasteiger charge is -2.42. The predicted molar refractivity (Wildman–Crippen MR) is 97.5 cm³/mol. The first-order valence-corrected chi connectivity index (χ1v) is 10.1. The summed E-state index contributed by atoms with van der Waals surface area (Å²) in [5, 5.41) is 6.36. The first kappa shape index (κ1) is 21.0. The number of nitrogens with two attached hydrogens (primary N) is 1. The molecule has 0 aliphatic rings. The Morgan fingerprint density at radius 2 is 1.81 bits per heavy atom. The molecule has 26 heavy (non-hydrogen) atoms. The van der Waals surface area contributed by atoms with Crippen molar-refractivity contribution in [2.24, 2.45) is 11.8 Å². The molecular weight excluding hydrogens is 383 g/mol. The smallest absolute Gasteiger partial charge is 0.357 e. The van der Waals surface area contributed by atoms with Gasteiger partial charge in [0.15, 0.2) is 21.7 Å². The molecule has 10 nitrogen and oxygen atoms in total. The molecule has 0 saturated heterocycles. The van der Waals surface area contributed by atoms with E-state index in [1.807, 2.05) is 0 Å². The average molecular weight is 407 g/mol. The van der Waals surface area contributed by atoms with Crippen LogP contribution in [0, 0.1) is 11.8 Å². The number of halogens is 1. The van der Waals surface area contributed by atoms with Gasteiger partial charge >= 0.3 is 7.60 Å². The van der Waals surface area contributed by atoms with Crippen molar-refractivity contribution in [2.45, 2.75) is 52.6 Å². The molecule has 0 fully saturated rings. The number of nitrogens with zero attached hydrogens (tertiary/aromatic N) is 5. The third kappa shape index (κ3) is 3.70. The third-order valence-electron chi connectivity index (χ3n) is 4.27. The Kier molecular flexibility index (Phi) is 5.94. The predicted octanol–water partition coefficient (Wildman–Crippen LogP) is 2.05. The molecule has 2 aromatic rings. The minimum absolute atomic E-state index is 0.0199. The van der Waals surface area contributed by atoms with E-state index in [0.29, 0.717) is 11.2 Å². The zero-order valence-corrected chi connectivity index (χ0v) is 16.9. The Bertz CT molecular complexity index is 828. The molecule has 4 N–H and O–H groups in total. The van der Waals surface area contributed by atoms with E-state index >= 15 is 0 Å². The fraction of sp³-hybridized carbons (Fsp3) is 0.714. The van der Waals surface area contributed by atoms with Crippen LogP contribution < -0.4 is 5.73 Å². The maximum Gasteiger partial charge on any atom is 0.357 e. The van der Waals surface area contributed by atoms with Crippen molar-refractivity contribution in [3.05, 3.63) is 5.15 Å². The van der Waals surface area contributed by atoms with Gasteiger partial charge in [0.1, 0.15) is 0 Å². The standard InChI is InChI=1S/C14H24ClN6O4P/c1-7(2)14(8(3)4,26(22,23)24)25-9(5)6-21-12-10(19-20-21)11(15)17-13(16)18-12/h7-9H,6H2,1-5H3,(H2,16,17,18)(H2,22,23,24)/t9-/m1/s1. The van der Waals surface area contributed by atoms with Crippen molar-refractivity contribution in [1.29, 1.82) is 0 Å². The molecule has 1 atom stereocenters. The quantitative estimate of drug-likeness (QED) is 0.463. The summed E-state index contributed by atoms with van der Waals surface area (Å²) in [4.78, 5) is 27.9. The lowest BCUT2D eigenvalue weighted by atomic mass is 9.95. The summed E-state index contributed by atoms with van der Waals surface area (Å²) in [6, 6.07) is 0. The van der Waals surface area contributed by atoms with E-state index < -0.39 is 30.9 Å². The van der Waals surface area contributed by atoms with Crippen molar-refractivity contribution >= 4 is 36.3 Å². The van der Waals surface area contributed by atoms with Crippen LogP contribution in [0.4, 0.5) is 5.95 Å². The number of nitrogen functional groups attached to an aromatic ring is 1. The van der Waals surface area contributed by atoms with E-state index in [9.17, 15) is 14.4 Å². The molecule has 2 heterocycles. The second-order valence-electron chi connectivity index (χ2n) is 6.85. The van der Waals surface area contributed by atoms with Gasteiger partial charge in [-0.25, -0.2) is 4.68 Å². The maximum absolute atomic E-state index is 12.3. The van der Waals surface area contributed by atoms with Crippen LogP contribution in [0.2, 0.25) is 5.15 Å². The molecular formula is C14H24ClN6O4P. The van der Waals surface area contributed by atoms with E-state index in [2.05, 4.69) is 20.3 Å². The van der Waals surface area contributed by atoms with Crippen LogP contribution in [-0.4, -0.2) is 46.2 Å². The Labute approximate surface area is 156 Å². The summed E-state index contributed by atoms with van der Waals surface area (Å²) in [7, 11) is -4.56. The minimum atomic E-state index is -4.56. The van der Waals surface area contributed by atoms with E-state index in [1.54, 1.807) is 34.6 Å². The molecule has 146 valence electrons. The highest BCUT2D eigenvalue weighted by atomic mass is 35.5. The van der Waals surface area contributed by atoms with Gasteiger partial charge in [0.05, 0.1) is 12.6 Å². The summed E-state index contributed by atoms with van der Waals surface area (Å²) in [6.45, 7) is 8.77. The van der Waals surface area contributed by atoms with Crippen LogP contribution >= 0.6 is 19.2 Å². The molecule has 0 amide bonds. The third-order valence-corrected chi connectivity index (χ3v) is 6.58. The van der Waals surface area contributed by atoms with Gasteiger partial charge in [0.2, 0.25) is 5.95 Å². The molecule has 0 unspecified atom stereocenters. The number of hydrogen-bond acceptors (Lipinski definition) is 7. The van der Waals surface area contributed by atoms with Crippen LogP contribution in [0.15, 0.2) is 0 Å².